The van der Waals surface area contributed by atoms with Crippen LogP contribution in [0.1, 0.15) is 136 Å². The Balaban J connectivity index is 0.868. The summed E-state index contributed by atoms with van der Waals surface area (Å²) in [5.74, 6) is -8.62. The van der Waals surface area contributed by atoms with Crippen LogP contribution in [0.3, 0.4) is 0 Å². The Morgan fingerprint density at radius 1 is 0.740 bits per heavy atom. The molecule has 2 aromatic rings. The van der Waals surface area contributed by atoms with Gasteiger partial charge in [0.1, 0.15) is 36.5 Å². The number of carboxylic acids is 1. The van der Waals surface area contributed by atoms with Crippen molar-refractivity contribution in [1.29, 1.82) is 0 Å². The summed E-state index contributed by atoms with van der Waals surface area (Å²) in [4.78, 5) is 123. The molecular weight excluding hydrogens is 1340 g/mol. The fraction of sp³-hybridized carbons (Fsp3) is 0.693. The number of amides is 3. The van der Waals surface area contributed by atoms with Crippen molar-refractivity contribution in [2.45, 2.75) is 211 Å². The molecule has 3 amide bonds. The highest BCUT2D eigenvalue weighted by atomic mass is 16.6. The molecule has 576 valence electrons. The zero-order valence-electron chi connectivity index (χ0n) is 62.3. The number of hydrogen-bond acceptors (Lipinski definition) is 25. The monoisotopic (exact) mass is 1460 g/mol. The number of nitrogens with one attached hydrogen (secondary N) is 1. The standard InChI is InChI=1S/C75H113N11O18/c1-46-16-12-11-13-17-48(3)60(98-8)38-55-21-19-52(7)75(97,104-55)68(91)69(92)86-24-15-14-18-57(86)71(95)102-62(39-61(99-9)49(4)35-51(6)66(89)67(90)65(88)50(5)34-46)56(76)36-53-20-22-59(63(37-53)100-10)103-74(96)81-44-54-42-79-73(80-43-54)84-29-30-85(58(45-84)70(93)94)64(87)23-32-101-33-31-82-25-27-83(28-26-82)72-77-40-47(2)41-78-72/h11-13,16-17,35,40-43,46,49-50,52-53,55-63,66-67,89-90,97H,14-15,18-34,36-39,44-45,76H2,1-10H3,(H,81,96)(H,93,94)/b13-11+,16-12+,48-17+,51-35+/t46-,49-,50-,52-,53+,55+,56-,57+,58-,59-,60+,61-,62+,63-,66-,67+,75-/m1/s1. The van der Waals surface area contributed by atoms with E-state index in [1.165, 1.54) is 36.4 Å². The van der Waals surface area contributed by atoms with E-state index in [0.717, 1.165) is 43.3 Å². The highest BCUT2D eigenvalue weighted by Crippen LogP contribution is 2.38. The molecule has 0 spiro atoms. The Bertz CT molecular complexity index is 3300. The van der Waals surface area contributed by atoms with Crippen LogP contribution >= 0.6 is 0 Å². The van der Waals surface area contributed by atoms with Crippen molar-refractivity contribution >= 4 is 53.3 Å². The summed E-state index contributed by atoms with van der Waals surface area (Å²) in [6, 6.07) is -3.22. The van der Waals surface area contributed by atoms with Gasteiger partial charge in [-0.25, -0.2) is 34.3 Å². The summed E-state index contributed by atoms with van der Waals surface area (Å²) in [6.45, 7) is 17.6. The van der Waals surface area contributed by atoms with Gasteiger partial charge in [-0.2, -0.15) is 0 Å². The van der Waals surface area contributed by atoms with E-state index in [1.54, 1.807) is 38.9 Å². The number of aromatic nitrogens is 4. The van der Waals surface area contributed by atoms with Crippen molar-refractivity contribution in [1.82, 2.24) is 40.0 Å². The molecule has 4 saturated heterocycles. The maximum absolute atomic E-state index is 14.8. The Morgan fingerprint density at radius 3 is 2.12 bits per heavy atom. The van der Waals surface area contributed by atoms with Crippen LogP contribution in [0.4, 0.5) is 16.7 Å². The van der Waals surface area contributed by atoms with E-state index in [4.69, 9.17) is 38.9 Å². The van der Waals surface area contributed by atoms with Crippen molar-refractivity contribution in [2.75, 3.05) is 103 Å². The van der Waals surface area contributed by atoms with E-state index in [-0.39, 0.29) is 82.2 Å². The van der Waals surface area contributed by atoms with Crippen LogP contribution in [-0.2, 0) is 68.5 Å². The second-order valence-electron chi connectivity index (χ2n) is 29.2. The number of nitrogens with zero attached hydrogens (tertiary/aromatic N) is 9. The number of ketones is 2. The Kier molecular flexibility index (Phi) is 31.3. The molecule has 8 rings (SSSR count). The number of carbonyl (C=O) groups is 7. The fourth-order valence-corrected chi connectivity index (χ4v) is 15.0. The van der Waals surface area contributed by atoms with E-state index < -0.39 is 126 Å². The summed E-state index contributed by atoms with van der Waals surface area (Å²) in [6.07, 6.45) is 14.0. The number of fused-ring (bicyclic) bond motifs is 3. The van der Waals surface area contributed by atoms with Gasteiger partial charge < -0.3 is 84.2 Å². The number of esters is 1. The SMILES string of the molecule is CO[C@H]1C[C@@H]2CC[C@@H](C)[C@@](O)(O2)C(=O)C(=O)N2CCCC[C@H]2C(=O)O[C@H]([C@H](N)C[C@@H]2CC[C@@H](OC(=O)NCc3cnc(N4CCN(C(=O)CCOCCN5CCN(c6ncc(C)cn6)CC5)[C@@H](C(=O)O)C4)nc3)[C@H](OC)C2)C[C@@H](OC)[C@H](C)/C=C(\C)[C@@H](O)[C@@H](O)C(=O)[C@H](C)C[C@H](C)/C=C/C=C/C=C/1C. The number of ether oxygens (including phenoxy) is 7. The van der Waals surface area contributed by atoms with Gasteiger partial charge in [-0.3, -0.25) is 24.1 Å². The molecule has 0 unspecified atom stereocenters. The summed E-state index contributed by atoms with van der Waals surface area (Å²) < 4.78 is 42.3. The van der Waals surface area contributed by atoms with Crippen LogP contribution in [0.25, 0.3) is 0 Å². The number of hydrogen-bond donors (Lipinski definition) is 6. The molecule has 6 aliphatic rings. The lowest BCUT2D eigenvalue weighted by Gasteiger charge is -2.43. The molecule has 0 radical (unpaired) electrons. The number of aliphatic hydroxyl groups is 3. The van der Waals surface area contributed by atoms with Crippen LogP contribution in [0, 0.1) is 36.5 Å². The van der Waals surface area contributed by atoms with Crippen LogP contribution in [0.5, 0.6) is 0 Å². The molecule has 1 saturated carbocycles. The number of anilines is 2. The van der Waals surface area contributed by atoms with Crippen LogP contribution in [-0.4, -0.2) is 263 Å². The van der Waals surface area contributed by atoms with E-state index in [1.807, 2.05) is 70.5 Å². The minimum absolute atomic E-state index is 0.00404. The zero-order valence-corrected chi connectivity index (χ0v) is 62.3. The fourth-order valence-electron chi connectivity index (χ4n) is 15.0. The number of Topliss-reactive ketones (excluding diaryl/α,β-unsaturated/α-hetero) is 2. The summed E-state index contributed by atoms with van der Waals surface area (Å²) in [7, 11) is 4.56. The minimum Gasteiger partial charge on any atom is -0.480 e. The molecule has 2 aromatic heterocycles. The normalized spacial score (nSPS) is 32.9. The maximum atomic E-state index is 14.8. The average Bonchev–Trinajstić information content (AvgIpc) is 0.756. The number of methoxy groups -OCH3 is 3. The predicted molar refractivity (Wildman–Crippen MR) is 384 cm³/mol. The van der Waals surface area contributed by atoms with E-state index in [2.05, 4.69) is 35.1 Å². The number of aliphatic hydroxyl groups excluding tert-OH is 2. The van der Waals surface area contributed by atoms with Crippen LogP contribution < -0.4 is 20.9 Å². The lowest BCUT2D eigenvalue weighted by molar-refractivity contribution is -0.265. The molecule has 5 aliphatic heterocycles. The number of piperidine rings is 1. The number of carboxylic acid groups (broad SMARTS) is 1. The molecule has 2 bridgehead atoms. The third kappa shape index (κ3) is 22.4. The van der Waals surface area contributed by atoms with Crippen LogP contribution in [0.2, 0.25) is 0 Å². The quantitative estimate of drug-likeness (QED) is 0.0504. The molecular formula is C75H113N11O18. The topological polar surface area (TPSA) is 371 Å². The summed E-state index contributed by atoms with van der Waals surface area (Å²) in [5.41, 5.74) is 9.88. The van der Waals surface area contributed by atoms with Gasteiger partial charge in [-0.05, 0) is 114 Å². The van der Waals surface area contributed by atoms with Gasteiger partial charge in [0.15, 0.2) is 5.78 Å². The molecule has 29 nitrogen and oxygen atoms in total. The van der Waals surface area contributed by atoms with Crippen molar-refractivity contribution < 1.29 is 87.1 Å². The Hall–Kier alpha value is -7.19. The van der Waals surface area contributed by atoms with Crippen LogP contribution in [0.15, 0.2) is 72.4 Å². The number of rotatable bonds is 18. The number of nitrogens with two attached hydrogens (primary N) is 1. The van der Waals surface area contributed by atoms with E-state index in [0.29, 0.717) is 88.6 Å². The molecule has 17 atom stereocenters. The Morgan fingerprint density at radius 2 is 1.43 bits per heavy atom. The molecule has 7 N–H and O–H groups in total. The first kappa shape index (κ1) is 82.5. The Labute approximate surface area is 611 Å². The van der Waals surface area contributed by atoms with Gasteiger partial charge in [-0.1, -0.05) is 64.2 Å². The van der Waals surface area contributed by atoms with E-state index in [9.17, 15) is 54.0 Å². The molecule has 104 heavy (non-hydrogen) atoms. The largest absolute Gasteiger partial charge is 0.480 e. The first-order chi connectivity index (χ1) is 49.7. The first-order valence-corrected chi connectivity index (χ1v) is 37.0. The first-order valence-electron chi connectivity index (χ1n) is 37.0. The van der Waals surface area contributed by atoms with Crippen molar-refractivity contribution in [3.8, 4) is 0 Å². The number of cyclic esters (lactones) is 1. The summed E-state index contributed by atoms with van der Waals surface area (Å²) in [5, 5.41) is 47.9. The van der Waals surface area contributed by atoms with Gasteiger partial charge in [0.25, 0.3) is 11.7 Å². The lowest BCUT2D eigenvalue weighted by atomic mass is 9.80. The number of carbonyl (C=O) groups excluding carboxylic acids is 6. The van der Waals surface area contributed by atoms with Gasteiger partial charge >= 0.3 is 18.0 Å². The summed E-state index contributed by atoms with van der Waals surface area (Å²) >= 11 is 0. The number of alkyl carbamates (subject to hydrolysis) is 1. The third-order valence-electron chi connectivity index (χ3n) is 21.5. The van der Waals surface area contributed by atoms with Crippen molar-refractivity contribution in [3.05, 3.63) is 83.5 Å². The third-order valence-corrected chi connectivity index (χ3v) is 21.5. The van der Waals surface area contributed by atoms with E-state index >= 15 is 0 Å². The number of aryl methyl sites for hydroxylation is 1. The van der Waals surface area contributed by atoms with Gasteiger partial charge in [0.05, 0.1) is 50.6 Å². The number of allylic oxidation sites excluding steroid dienone is 5. The zero-order chi connectivity index (χ0) is 75.4. The highest BCUT2D eigenvalue weighted by Gasteiger charge is 2.53. The predicted octanol–water partition coefficient (Wildman–Crippen LogP) is 4.82. The number of piperazine rings is 2. The number of aliphatic carboxylic acids is 1. The maximum Gasteiger partial charge on any atom is 0.407 e. The molecule has 29 heteroatoms. The van der Waals surface area contributed by atoms with Gasteiger partial charge in [0.2, 0.25) is 23.6 Å². The molecule has 7 heterocycles. The second kappa shape index (κ2) is 39.4. The second-order valence-corrected chi connectivity index (χ2v) is 29.2. The van der Waals surface area contributed by atoms with Crippen molar-refractivity contribution in [3.63, 3.8) is 0 Å². The lowest BCUT2D eigenvalue weighted by Crippen LogP contribution is -2.61. The molecule has 0 aromatic carbocycles. The smallest absolute Gasteiger partial charge is 0.407 e. The minimum atomic E-state index is -2.49. The van der Waals surface area contributed by atoms with Gasteiger partial charge in [-0.15, -0.1) is 0 Å². The highest BCUT2D eigenvalue weighted by molar-refractivity contribution is 6.39. The van der Waals surface area contributed by atoms with Crippen molar-refractivity contribution in [2.24, 2.45) is 35.3 Å². The molecule has 1 aliphatic carbocycles. The average molecular weight is 1460 g/mol. The molecule has 5 fully saturated rings. The van der Waals surface area contributed by atoms with Gasteiger partial charge in [0, 0.05) is 147 Å².